The molecule has 1 N–H and O–H groups in total. The molecule has 6 heteroatoms. The van der Waals surface area contributed by atoms with E-state index in [2.05, 4.69) is 5.10 Å². The summed E-state index contributed by atoms with van der Waals surface area (Å²) < 4.78 is 1.69. The standard InChI is InChI=1S/C18H21N3O3/c1-11(2)15-9-14(19-20(15)3)17(22)21-10-13-7-5-4-6-12(13)8-16(21)18(23)24/h4-7,9,11,16H,8,10H2,1-3H3,(H,23,24)/t16-/m1/s1. The summed E-state index contributed by atoms with van der Waals surface area (Å²) in [6.45, 7) is 4.35. The van der Waals surface area contributed by atoms with E-state index >= 15 is 0 Å². The molecule has 126 valence electrons. The van der Waals surface area contributed by atoms with E-state index in [0.717, 1.165) is 16.8 Å². The van der Waals surface area contributed by atoms with Gasteiger partial charge in [0, 0.05) is 25.7 Å². The Labute approximate surface area is 140 Å². The van der Waals surface area contributed by atoms with E-state index < -0.39 is 12.0 Å². The minimum Gasteiger partial charge on any atom is -0.480 e. The molecule has 0 aliphatic carbocycles. The molecule has 24 heavy (non-hydrogen) atoms. The molecule has 0 bridgehead atoms. The summed E-state index contributed by atoms with van der Waals surface area (Å²) in [6, 6.07) is 8.54. The van der Waals surface area contributed by atoms with Gasteiger partial charge in [-0.2, -0.15) is 5.10 Å². The maximum absolute atomic E-state index is 12.9. The van der Waals surface area contributed by atoms with Crippen LogP contribution in [0.15, 0.2) is 30.3 Å². The third-order valence-corrected chi connectivity index (χ3v) is 4.52. The molecule has 2 heterocycles. The summed E-state index contributed by atoms with van der Waals surface area (Å²) >= 11 is 0. The summed E-state index contributed by atoms with van der Waals surface area (Å²) in [6.07, 6.45) is 0.321. The second-order valence-corrected chi connectivity index (χ2v) is 6.49. The zero-order valence-electron chi connectivity index (χ0n) is 14.1. The van der Waals surface area contributed by atoms with Gasteiger partial charge in [-0.25, -0.2) is 4.79 Å². The number of aliphatic carboxylic acids is 1. The highest BCUT2D eigenvalue weighted by Gasteiger charge is 2.36. The van der Waals surface area contributed by atoms with Gasteiger partial charge < -0.3 is 10.0 Å². The van der Waals surface area contributed by atoms with Crippen LogP contribution in [-0.2, 0) is 24.8 Å². The lowest BCUT2D eigenvalue weighted by Gasteiger charge is -2.34. The minimum absolute atomic E-state index is 0.237. The second kappa shape index (κ2) is 6.11. The number of carboxylic acid groups (broad SMARTS) is 1. The number of carboxylic acids is 1. The Morgan fingerprint density at radius 3 is 2.50 bits per heavy atom. The number of nitrogens with zero attached hydrogens (tertiary/aromatic N) is 3. The van der Waals surface area contributed by atoms with Gasteiger partial charge in [0.25, 0.3) is 5.91 Å². The van der Waals surface area contributed by atoms with E-state index in [-0.39, 0.29) is 11.8 Å². The van der Waals surface area contributed by atoms with E-state index in [1.54, 1.807) is 17.8 Å². The predicted octanol–water partition coefficient (Wildman–Crippen LogP) is 2.20. The monoisotopic (exact) mass is 327 g/mol. The molecular weight excluding hydrogens is 306 g/mol. The van der Waals surface area contributed by atoms with Crippen LogP contribution < -0.4 is 0 Å². The Bertz CT molecular complexity index is 795. The maximum atomic E-state index is 12.9. The molecule has 3 rings (SSSR count). The Kier molecular flexibility index (Phi) is 4.13. The molecule has 1 amide bonds. The number of hydrogen-bond donors (Lipinski definition) is 1. The minimum atomic E-state index is -0.988. The van der Waals surface area contributed by atoms with Crippen LogP contribution in [0.4, 0.5) is 0 Å². The molecule has 1 aromatic heterocycles. The van der Waals surface area contributed by atoms with Crippen LogP contribution in [0, 0.1) is 0 Å². The van der Waals surface area contributed by atoms with Gasteiger partial charge >= 0.3 is 5.97 Å². The Balaban J connectivity index is 1.95. The van der Waals surface area contributed by atoms with Crippen molar-refractivity contribution in [2.75, 3.05) is 0 Å². The van der Waals surface area contributed by atoms with E-state index in [1.807, 2.05) is 38.1 Å². The number of aryl methyl sites for hydroxylation is 1. The average Bonchev–Trinajstić information content (AvgIpc) is 2.95. The molecular formula is C18H21N3O3. The van der Waals surface area contributed by atoms with Crippen molar-refractivity contribution in [2.24, 2.45) is 7.05 Å². The molecule has 0 unspecified atom stereocenters. The van der Waals surface area contributed by atoms with Crippen molar-refractivity contribution in [3.05, 3.63) is 52.8 Å². The number of carbonyl (C=O) groups is 2. The van der Waals surface area contributed by atoms with E-state index in [1.165, 1.54) is 4.90 Å². The number of aromatic nitrogens is 2. The zero-order chi connectivity index (χ0) is 17.4. The van der Waals surface area contributed by atoms with Crippen molar-refractivity contribution in [1.82, 2.24) is 14.7 Å². The van der Waals surface area contributed by atoms with Crippen LogP contribution in [0.1, 0.15) is 47.1 Å². The molecule has 0 radical (unpaired) electrons. The molecule has 2 aromatic rings. The van der Waals surface area contributed by atoms with Gasteiger partial charge in [0.1, 0.15) is 6.04 Å². The van der Waals surface area contributed by atoms with Crippen LogP contribution >= 0.6 is 0 Å². The van der Waals surface area contributed by atoms with Gasteiger partial charge in [-0.3, -0.25) is 9.48 Å². The van der Waals surface area contributed by atoms with Crippen molar-refractivity contribution in [3.63, 3.8) is 0 Å². The fraction of sp³-hybridized carbons (Fsp3) is 0.389. The van der Waals surface area contributed by atoms with E-state index in [0.29, 0.717) is 18.7 Å². The van der Waals surface area contributed by atoms with Gasteiger partial charge in [-0.1, -0.05) is 38.1 Å². The van der Waals surface area contributed by atoms with Crippen LogP contribution in [0.3, 0.4) is 0 Å². The first kappa shape index (κ1) is 16.2. The molecule has 0 saturated heterocycles. The highest BCUT2D eigenvalue weighted by Crippen LogP contribution is 2.25. The number of hydrogen-bond acceptors (Lipinski definition) is 3. The summed E-state index contributed by atoms with van der Waals surface area (Å²) in [7, 11) is 1.80. The summed E-state index contributed by atoms with van der Waals surface area (Å²) in [4.78, 5) is 26.0. The van der Waals surface area contributed by atoms with Gasteiger partial charge in [-0.05, 0) is 23.1 Å². The lowest BCUT2D eigenvalue weighted by molar-refractivity contribution is -0.142. The van der Waals surface area contributed by atoms with E-state index in [9.17, 15) is 14.7 Å². The van der Waals surface area contributed by atoms with Crippen LogP contribution in [0.25, 0.3) is 0 Å². The van der Waals surface area contributed by atoms with Gasteiger partial charge in [0.05, 0.1) is 0 Å². The van der Waals surface area contributed by atoms with Crippen LogP contribution in [0.2, 0.25) is 0 Å². The summed E-state index contributed by atoms with van der Waals surface area (Å²) in [5.74, 6) is -1.08. The lowest BCUT2D eigenvalue weighted by atomic mass is 9.93. The largest absolute Gasteiger partial charge is 0.480 e. The number of amides is 1. The fourth-order valence-corrected chi connectivity index (χ4v) is 3.23. The van der Waals surface area contributed by atoms with Crippen molar-refractivity contribution in [2.45, 2.75) is 38.8 Å². The van der Waals surface area contributed by atoms with Crippen LogP contribution in [0.5, 0.6) is 0 Å². The molecule has 1 aliphatic heterocycles. The first-order valence-electron chi connectivity index (χ1n) is 8.03. The molecule has 1 aliphatic rings. The van der Waals surface area contributed by atoms with Crippen molar-refractivity contribution >= 4 is 11.9 Å². The van der Waals surface area contributed by atoms with Gasteiger partial charge in [0.15, 0.2) is 5.69 Å². The summed E-state index contributed by atoms with van der Waals surface area (Å²) in [5, 5.41) is 13.8. The third kappa shape index (κ3) is 2.79. The number of fused-ring (bicyclic) bond motifs is 1. The molecule has 0 spiro atoms. The quantitative estimate of drug-likeness (QED) is 0.938. The molecule has 1 atom stereocenters. The fourth-order valence-electron chi connectivity index (χ4n) is 3.23. The maximum Gasteiger partial charge on any atom is 0.326 e. The van der Waals surface area contributed by atoms with Crippen molar-refractivity contribution in [1.29, 1.82) is 0 Å². The summed E-state index contributed by atoms with van der Waals surface area (Å²) in [5.41, 5.74) is 3.22. The normalized spacial score (nSPS) is 17.0. The first-order chi connectivity index (χ1) is 11.4. The van der Waals surface area contributed by atoms with E-state index in [4.69, 9.17) is 0 Å². The number of rotatable bonds is 3. The highest BCUT2D eigenvalue weighted by molar-refractivity contribution is 5.95. The first-order valence-corrected chi connectivity index (χ1v) is 8.03. The Morgan fingerprint density at radius 1 is 1.25 bits per heavy atom. The number of benzene rings is 1. The van der Waals surface area contributed by atoms with Crippen molar-refractivity contribution in [3.8, 4) is 0 Å². The topological polar surface area (TPSA) is 75.4 Å². The van der Waals surface area contributed by atoms with Crippen LogP contribution in [-0.4, -0.2) is 37.7 Å². The van der Waals surface area contributed by atoms with Gasteiger partial charge in [-0.15, -0.1) is 0 Å². The van der Waals surface area contributed by atoms with Gasteiger partial charge in [0.2, 0.25) is 0 Å². The highest BCUT2D eigenvalue weighted by atomic mass is 16.4. The molecule has 6 nitrogen and oxygen atoms in total. The Hall–Kier alpha value is -2.63. The zero-order valence-corrected chi connectivity index (χ0v) is 14.1. The molecule has 0 saturated carbocycles. The van der Waals surface area contributed by atoms with Crippen molar-refractivity contribution < 1.29 is 14.7 Å². The molecule has 0 fully saturated rings. The second-order valence-electron chi connectivity index (χ2n) is 6.49. The Morgan fingerprint density at radius 2 is 1.92 bits per heavy atom. The number of carbonyl (C=O) groups excluding carboxylic acids is 1. The smallest absolute Gasteiger partial charge is 0.326 e. The average molecular weight is 327 g/mol. The SMILES string of the molecule is CC(C)c1cc(C(=O)N2Cc3ccccc3C[C@@H]2C(=O)O)nn1C. The third-order valence-electron chi connectivity index (χ3n) is 4.52. The lowest BCUT2D eigenvalue weighted by Crippen LogP contribution is -2.48. The molecule has 1 aromatic carbocycles. The predicted molar refractivity (Wildman–Crippen MR) is 88.7 cm³/mol.